The number of halogens is 1. The maximum Gasteiger partial charge on any atom is 0.197 e. The van der Waals surface area contributed by atoms with Crippen LogP contribution in [-0.4, -0.2) is 26.6 Å². The Labute approximate surface area is 239 Å². The van der Waals surface area contributed by atoms with E-state index in [9.17, 15) is 0 Å². The van der Waals surface area contributed by atoms with Crippen molar-refractivity contribution in [2.75, 3.05) is 13.2 Å². The Kier molecular flexibility index (Phi) is 32.3. The van der Waals surface area contributed by atoms with Crippen LogP contribution in [0.15, 0.2) is 6.08 Å². The molecule has 0 aliphatic heterocycles. The Morgan fingerprint density at radius 2 is 1.23 bits per heavy atom. The molecule has 0 atom stereocenters. The van der Waals surface area contributed by atoms with E-state index >= 15 is 0 Å². The van der Waals surface area contributed by atoms with Crippen LogP contribution in [0.2, 0.25) is 18.1 Å². The second kappa shape index (κ2) is 26.4. The van der Waals surface area contributed by atoms with Crippen LogP contribution in [0, 0.1) is 22.7 Å². The fourth-order valence-electron chi connectivity index (χ4n) is 2.66. The van der Waals surface area contributed by atoms with Gasteiger partial charge in [0.1, 0.15) is 5.92 Å². The normalized spacial score (nSPS) is 14.9. The summed E-state index contributed by atoms with van der Waals surface area (Å²) in [4.78, 5) is 0. The van der Waals surface area contributed by atoms with Crippen molar-refractivity contribution in [3.8, 4) is 0 Å². The summed E-state index contributed by atoms with van der Waals surface area (Å²) in [5.41, 5.74) is 0. The average Bonchev–Trinajstić information content (AvgIpc) is 3.47. The van der Waals surface area contributed by atoms with Gasteiger partial charge in [-0.05, 0) is 18.1 Å². The van der Waals surface area contributed by atoms with Crippen LogP contribution < -0.4 is 18.6 Å². The first kappa shape index (κ1) is 42.8. The predicted molar refractivity (Wildman–Crippen MR) is 134 cm³/mol. The number of hydrogen-bond acceptors (Lipinski definition) is 6. The average molecular weight is 617 g/mol. The maximum absolute atomic E-state index is 8.83. The second-order valence-corrected chi connectivity index (χ2v) is 16.0. The van der Waals surface area contributed by atoms with Crippen LogP contribution in [0.4, 0.5) is 0 Å². The summed E-state index contributed by atoms with van der Waals surface area (Å²) >= 11 is 0. The van der Waals surface area contributed by atoms with Gasteiger partial charge in [-0.1, -0.05) is 111 Å². The van der Waals surface area contributed by atoms with Gasteiger partial charge in [0.2, 0.25) is 0 Å². The Morgan fingerprint density at radius 1 is 0.914 bits per heavy atom. The molecule has 0 heterocycles. The van der Waals surface area contributed by atoms with E-state index in [0.717, 1.165) is 12.3 Å². The molecule has 210 valence electrons. The van der Waals surface area contributed by atoms with Gasteiger partial charge in [-0.3, -0.25) is 6.08 Å². The number of allylic oxidation sites excluding steroid dienone is 1. The van der Waals surface area contributed by atoms with Gasteiger partial charge in [-0.2, -0.15) is 0 Å². The zero-order chi connectivity index (χ0) is 27.1. The van der Waals surface area contributed by atoms with E-state index in [1.54, 1.807) is 6.08 Å². The van der Waals surface area contributed by atoms with E-state index in [4.69, 9.17) is 34.7 Å². The third kappa shape index (κ3) is 39.4. The molecule has 9 heteroatoms. The van der Waals surface area contributed by atoms with Crippen LogP contribution in [0.3, 0.4) is 0 Å². The largest absolute Gasteiger partial charge is 0.518 e. The molecule has 1 N–H and O–H groups in total. The summed E-state index contributed by atoms with van der Waals surface area (Å²) in [6.45, 7) is 21.0. The smallest absolute Gasteiger partial charge is 0.197 e. The summed E-state index contributed by atoms with van der Waals surface area (Å²) in [6, 6.07) is 0. The van der Waals surface area contributed by atoms with Crippen molar-refractivity contribution in [3.05, 3.63) is 18.6 Å². The van der Waals surface area contributed by atoms with Gasteiger partial charge in [0.05, 0.1) is 6.92 Å². The molecule has 2 rings (SSSR count). The predicted octanol–water partition coefficient (Wildman–Crippen LogP) is 3.90. The molecule has 0 aromatic heterocycles. The number of aliphatic hydroxyl groups is 1. The van der Waals surface area contributed by atoms with Gasteiger partial charge in [-0.25, -0.2) is 18.6 Å². The van der Waals surface area contributed by atoms with Crippen molar-refractivity contribution in [1.29, 1.82) is 0 Å². The van der Waals surface area contributed by atoms with Crippen LogP contribution in [0.25, 0.3) is 0 Å². The molecule has 2 aliphatic rings. The standard InChI is InChI=1S/C10H23O2Si.C6H11.2C5H10.ClHO4.Zr/c1-9(7-11)8-12-13(5,6)10(2,3)4;1-3-5-6-4-2;2*1-2-4-5-3-1;2-1(3,4)5;/h11H,7-8H2,1-6H3;1,3H,4-6H2,2H3;2*1-5H2;(H,2,3,4,5);/q+1;-1;;;;/p-1. The zero-order valence-electron chi connectivity index (χ0n) is 23.6. The molecule has 2 saturated carbocycles. The van der Waals surface area contributed by atoms with E-state index in [-0.39, 0.29) is 37.8 Å². The molecule has 0 bridgehead atoms. The van der Waals surface area contributed by atoms with Crippen molar-refractivity contribution in [2.24, 2.45) is 0 Å². The first-order valence-electron chi connectivity index (χ1n) is 12.8. The summed E-state index contributed by atoms with van der Waals surface area (Å²) in [5.74, 6) is 1.00. The Hall–Kier alpha value is 0.760. The molecule has 0 spiro atoms. The molecule has 0 radical (unpaired) electrons. The molecule has 0 saturated heterocycles. The fraction of sp³-hybridized carbons (Fsp3) is 0.885. The van der Waals surface area contributed by atoms with Crippen LogP contribution in [-0.2, 0) is 30.6 Å². The zero-order valence-corrected chi connectivity index (χ0v) is 27.8. The second-order valence-electron chi connectivity index (χ2n) is 10.5. The summed E-state index contributed by atoms with van der Waals surface area (Å²) in [7, 11) is -6.56. The molecule has 0 amide bonds. The van der Waals surface area contributed by atoms with Gasteiger partial charge in [0.15, 0.2) is 21.5 Å². The van der Waals surface area contributed by atoms with E-state index in [1.165, 1.54) is 77.0 Å². The minimum Gasteiger partial charge on any atom is -0.518 e. The summed E-state index contributed by atoms with van der Waals surface area (Å²) in [5, 5.41) is 9.09. The minimum atomic E-state index is -4.94. The molecular formula is C26H54ClO6SiZr-. The van der Waals surface area contributed by atoms with Crippen molar-refractivity contribution in [2.45, 2.75) is 136 Å². The van der Waals surface area contributed by atoms with E-state index in [0.29, 0.717) is 6.61 Å². The van der Waals surface area contributed by atoms with Gasteiger partial charge >= 0.3 is 0 Å². The molecule has 6 nitrogen and oxygen atoms in total. The molecule has 0 unspecified atom stereocenters. The van der Waals surface area contributed by atoms with Crippen molar-refractivity contribution in [1.82, 2.24) is 0 Å². The van der Waals surface area contributed by atoms with Crippen LogP contribution in [0.1, 0.15) is 118 Å². The SMILES string of the molecule is C1CCCC1.C1CCCC1.C[C+](CO)CO[Si](C)(C)C(C)(C)C.[CH-]=CCCCC.[O-][Cl+3]([O-])([O-])[O-].[Zr]. The number of aliphatic hydroxyl groups excluding tert-OH is 1. The van der Waals surface area contributed by atoms with Gasteiger partial charge < -0.3 is 16.1 Å². The Bertz CT molecular complexity index is 403. The third-order valence-electron chi connectivity index (χ3n) is 5.98. The quantitative estimate of drug-likeness (QED) is 0.263. The number of hydrogen-bond donors (Lipinski definition) is 1. The van der Waals surface area contributed by atoms with Crippen molar-refractivity contribution >= 4 is 8.32 Å². The van der Waals surface area contributed by atoms with Gasteiger partial charge in [0, 0.05) is 26.2 Å². The summed E-state index contributed by atoms with van der Waals surface area (Å²) < 4.78 is 39.9. The third-order valence-corrected chi connectivity index (χ3v) is 10.5. The molecule has 35 heavy (non-hydrogen) atoms. The topological polar surface area (TPSA) is 122 Å². The molecule has 0 aromatic rings. The molecule has 2 fully saturated rings. The molecular weight excluding hydrogens is 563 g/mol. The Morgan fingerprint density at radius 3 is 1.40 bits per heavy atom. The first-order chi connectivity index (χ1) is 15.6. The first-order valence-corrected chi connectivity index (χ1v) is 17.0. The number of unbranched alkanes of at least 4 members (excludes halogenated alkanes) is 2. The van der Waals surface area contributed by atoms with Crippen molar-refractivity contribution < 1.29 is 64.6 Å². The number of rotatable bonds is 7. The maximum atomic E-state index is 8.83. The Balaban J connectivity index is -0.000000184. The van der Waals surface area contributed by atoms with E-state index in [2.05, 4.69) is 40.8 Å². The monoisotopic (exact) mass is 615 g/mol. The van der Waals surface area contributed by atoms with Crippen molar-refractivity contribution in [3.63, 3.8) is 0 Å². The minimum absolute atomic E-state index is 0. The van der Waals surface area contributed by atoms with E-state index < -0.39 is 18.6 Å². The van der Waals surface area contributed by atoms with Gasteiger partial charge in [0.25, 0.3) is 0 Å². The molecule has 2 aliphatic carbocycles. The fourth-order valence-corrected chi connectivity index (χ4v) is 3.70. The van der Waals surface area contributed by atoms with Gasteiger partial charge in [-0.15, -0.1) is 10.2 Å². The van der Waals surface area contributed by atoms with Crippen LogP contribution >= 0.6 is 0 Å². The molecule has 0 aromatic carbocycles. The summed E-state index contributed by atoms with van der Waals surface area (Å²) in [6.07, 6.45) is 20.3. The van der Waals surface area contributed by atoms with Crippen LogP contribution in [0.5, 0.6) is 0 Å². The van der Waals surface area contributed by atoms with E-state index in [1.807, 2.05) is 6.92 Å².